The Morgan fingerprint density at radius 1 is 0.962 bits per heavy atom. The summed E-state index contributed by atoms with van der Waals surface area (Å²) >= 11 is 0. The number of carbonyl (C=O) groups excluding carboxylic acids is 1. The molecule has 0 radical (unpaired) electrons. The van der Waals surface area contributed by atoms with Crippen LogP contribution in [0.3, 0.4) is 0 Å². The standard InChI is InChI=1S/C19H23N5O2/c25-18(17-7-8-20-19(22-17)24-11-13-26-14-12-24)21-15-3-5-16(6-4-15)23-9-1-2-10-23/h3-8H,1-2,9-14H2,(H,21,25). The summed E-state index contributed by atoms with van der Waals surface area (Å²) in [7, 11) is 0. The Morgan fingerprint density at radius 3 is 2.42 bits per heavy atom. The molecule has 1 aromatic carbocycles. The molecule has 7 nitrogen and oxygen atoms in total. The lowest BCUT2D eigenvalue weighted by Crippen LogP contribution is -2.37. The minimum Gasteiger partial charge on any atom is -0.378 e. The summed E-state index contributed by atoms with van der Waals surface area (Å²) in [5, 5.41) is 2.92. The molecule has 2 aromatic rings. The lowest BCUT2D eigenvalue weighted by Gasteiger charge is -2.26. The first-order valence-electron chi connectivity index (χ1n) is 9.12. The van der Waals surface area contributed by atoms with E-state index in [0.29, 0.717) is 24.9 Å². The average Bonchev–Trinajstić information content (AvgIpc) is 3.24. The minimum absolute atomic E-state index is 0.226. The number of nitrogens with one attached hydrogen (secondary N) is 1. The zero-order valence-electron chi connectivity index (χ0n) is 14.7. The monoisotopic (exact) mass is 353 g/mol. The van der Waals surface area contributed by atoms with Gasteiger partial charge >= 0.3 is 0 Å². The topological polar surface area (TPSA) is 70.6 Å². The van der Waals surface area contributed by atoms with Gasteiger partial charge in [0, 0.05) is 43.8 Å². The van der Waals surface area contributed by atoms with E-state index < -0.39 is 0 Å². The van der Waals surface area contributed by atoms with Crippen LogP contribution >= 0.6 is 0 Å². The summed E-state index contributed by atoms with van der Waals surface area (Å²) in [6.45, 7) is 5.01. The average molecular weight is 353 g/mol. The van der Waals surface area contributed by atoms with Crippen molar-refractivity contribution in [1.82, 2.24) is 9.97 Å². The Balaban J connectivity index is 1.42. The minimum atomic E-state index is -0.226. The van der Waals surface area contributed by atoms with E-state index in [1.54, 1.807) is 12.3 Å². The van der Waals surface area contributed by atoms with Crippen LogP contribution in [0.2, 0.25) is 0 Å². The van der Waals surface area contributed by atoms with Crippen LogP contribution in [-0.2, 0) is 4.74 Å². The SMILES string of the molecule is O=C(Nc1ccc(N2CCCC2)cc1)c1ccnc(N2CCOCC2)n1. The third kappa shape index (κ3) is 3.77. The third-order valence-corrected chi connectivity index (χ3v) is 4.77. The van der Waals surface area contributed by atoms with Crippen molar-refractivity contribution >= 4 is 23.2 Å². The van der Waals surface area contributed by atoms with Gasteiger partial charge in [-0.05, 0) is 43.2 Å². The highest BCUT2D eigenvalue weighted by Gasteiger charge is 2.17. The zero-order valence-corrected chi connectivity index (χ0v) is 14.7. The molecule has 0 aliphatic carbocycles. The Hall–Kier alpha value is -2.67. The van der Waals surface area contributed by atoms with Gasteiger partial charge in [-0.3, -0.25) is 4.79 Å². The molecule has 4 rings (SSSR count). The number of ether oxygens (including phenoxy) is 1. The number of aromatic nitrogens is 2. The maximum absolute atomic E-state index is 12.5. The molecule has 2 aliphatic heterocycles. The van der Waals surface area contributed by atoms with Gasteiger partial charge in [0.25, 0.3) is 5.91 Å². The largest absolute Gasteiger partial charge is 0.378 e. The van der Waals surface area contributed by atoms with Crippen LogP contribution in [0.5, 0.6) is 0 Å². The van der Waals surface area contributed by atoms with Crippen molar-refractivity contribution in [1.29, 1.82) is 0 Å². The number of benzene rings is 1. The van der Waals surface area contributed by atoms with E-state index in [1.807, 2.05) is 17.0 Å². The Morgan fingerprint density at radius 2 is 1.69 bits per heavy atom. The Kier molecular flexibility index (Phi) is 4.97. The molecular weight excluding hydrogens is 330 g/mol. The van der Waals surface area contributed by atoms with Crippen molar-refractivity contribution in [2.75, 3.05) is 54.5 Å². The van der Waals surface area contributed by atoms with Crippen LogP contribution in [-0.4, -0.2) is 55.3 Å². The molecule has 7 heteroatoms. The Labute approximate surface area is 153 Å². The van der Waals surface area contributed by atoms with E-state index in [2.05, 4.69) is 32.3 Å². The molecule has 2 saturated heterocycles. The number of amides is 1. The first-order chi connectivity index (χ1) is 12.8. The van der Waals surface area contributed by atoms with Gasteiger partial charge in [-0.1, -0.05) is 0 Å². The highest BCUT2D eigenvalue weighted by molar-refractivity contribution is 6.03. The van der Waals surface area contributed by atoms with Crippen molar-refractivity contribution in [3.63, 3.8) is 0 Å². The number of hydrogen-bond acceptors (Lipinski definition) is 6. The number of carbonyl (C=O) groups is 1. The van der Waals surface area contributed by atoms with Crippen LogP contribution in [0.15, 0.2) is 36.5 Å². The number of nitrogens with zero attached hydrogens (tertiary/aromatic N) is 4. The predicted octanol–water partition coefficient (Wildman–Crippen LogP) is 2.17. The van der Waals surface area contributed by atoms with E-state index in [4.69, 9.17) is 4.74 Å². The summed E-state index contributed by atoms with van der Waals surface area (Å²) in [6.07, 6.45) is 4.12. The van der Waals surface area contributed by atoms with Crippen molar-refractivity contribution < 1.29 is 9.53 Å². The van der Waals surface area contributed by atoms with Gasteiger partial charge in [0.05, 0.1) is 13.2 Å². The van der Waals surface area contributed by atoms with E-state index >= 15 is 0 Å². The molecule has 0 bridgehead atoms. The fraction of sp³-hybridized carbons (Fsp3) is 0.421. The van der Waals surface area contributed by atoms with E-state index in [-0.39, 0.29) is 5.91 Å². The molecule has 26 heavy (non-hydrogen) atoms. The molecular formula is C19H23N5O2. The van der Waals surface area contributed by atoms with Crippen LogP contribution in [0, 0.1) is 0 Å². The fourth-order valence-electron chi connectivity index (χ4n) is 3.32. The highest BCUT2D eigenvalue weighted by Crippen LogP contribution is 2.22. The summed E-state index contributed by atoms with van der Waals surface area (Å²) in [5.41, 5.74) is 2.34. The van der Waals surface area contributed by atoms with Gasteiger partial charge in [0.15, 0.2) is 0 Å². The van der Waals surface area contributed by atoms with Crippen molar-refractivity contribution in [3.05, 3.63) is 42.2 Å². The zero-order chi connectivity index (χ0) is 17.8. The molecule has 2 aliphatic rings. The van der Waals surface area contributed by atoms with Gasteiger partial charge in [0.2, 0.25) is 5.95 Å². The third-order valence-electron chi connectivity index (χ3n) is 4.77. The Bertz CT molecular complexity index is 753. The molecule has 0 saturated carbocycles. The van der Waals surface area contributed by atoms with Gasteiger partial charge in [-0.2, -0.15) is 0 Å². The summed E-state index contributed by atoms with van der Waals surface area (Å²) in [6, 6.07) is 9.63. The van der Waals surface area contributed by atoms with Gasteiger partial charge in [0.1, 0.15) is 5.69 Å². The second kappa shape index (κ2) is 7.70. The highest BCUT2D eigenvalue weighted by atomic mass is 16.5. The molecule has 1 N–H and O–H groups in total. The lowest BCUT2D eigenvalue weighted by atomic mass is 10.2. The number of hydrogen-bond donors (Lipinski definition) is 1. The molecule has 0 atom stereocenters. The van der Waals surface area contributed by atoms with Gasteiger partial charge in [-0.15, -0.1) is 0 Å². The van der Waals surface area contributed by atoms with Crippen molar-refractivity contribution in [2.45, 2.75) is 12.8 Å². The molecule has 136 valence electrons. The van der Waals surface area contributed by atoms with Crippen LogP contribution in [0.4, 0.5) is 17.3 Å². The maximum Gasteiger partial charge on any atom is 0.274 e. The number of anilines is 3. The first kappa shape index (κ1) is 16.8. The summed E-state index contributed by atoms with van der Waals surface area (Å²) in [4.78, 5) is 25.6. The van der Waals surface area contributed by atoms with E-state index in [9.17, 15) is 4.79 Å². The van der Waals surface area contributed by atoms with Crippen LogP contribution in [0.1, 0.15) is 23.3 Å². The summed E-state index contributed by atoms with van der Waals surface area (Å²) in [5.74, 6) is 0.348. The first-order valence-corrected chi connectivity index (χ1v) is 9.12. The molecule has 1 aromatic heterocycles. The van der Waals surface area contributed by atoms with E-state index in [1.165, 1.54) is 18.5 Å². The van der Waals surface area contributed by atoms with Crippen molar-refractivity contribution in [3.8, 4) is 0 Å². The summed E-state index contributed by atoms with van der Waals surface area (Å²) < 4.78 is 5.34. The number of rotatable bonds is 4. The van der Waals surface area contributed by atoms with E-state index in [0.717, 1.165) is 31.9 Å². The molecule has 2 fully saturated rings. The fourth-order valence-corrected chi connectivity index (χ4v) is 3.32. The van der Waals surface area contributed by atoms with Crippen LogP contribution < -0.4 is 15.1 Å². The molecule has 3 heterocycles. The smallest absolute Gasteiger partial charge is 0.274 e. The number of morpholine rings is 1. The van der Waals surface area contributed by atoms with Gasteiger partial charge in [-0.25, -0.2) is 9.97 Å². The second-order valence-electron chi connectivity index (χ2n) is 6.54. The molecule has 0 spiro atoms. The molecule has 0 unspecified atom stereocenters. The maximum atomic E-state index is 12.5. The van der Waals surface area contributed by atoms with Gasteiger partial charge < -0.3 is 19.9 Å². The van der Waals surface area contributed by atoms with Crippen LogP contribution in [0.25, 0.3) is 0 Å². The van der Waals surface area contributed by atoms with Crippen molar-refractivity contribution in [2.24, 2.45) is 0 Å². The normalized spacial score (nSPS) is 17.4. The predicted molar refractivity (Wildman–Crippen MR) is 101 cm³/mol. The second-order valence-corrected chi connectivity index (χ2v) is 6.54. The lowest BCUT2D eigenvalue weighted by molar-refractivity contribution is 0.102. The quantitative estimate of drug-likeness (QED) is 0.908. The molecule has 1 amide bonds.